The lowest BCUT2D eigenvalue weighted by atomic mass is 10.0. The monoisotopic (exact) mass is 319 g/mol. The highest BCUT2D eigenvalue weighted by Gasteiger charge is 2.30. The lowest BCUT2D eigenvalue weighted by Crippen LogP contribution is -2.35. The zero-order valence-corrected chi connectivity index (χ0v) is 13.2. The molecule has 2 aromatic rings. The third-order valence-corrected chi connectivity index (χ3v) is 3.66. The Labute approximate surface area is 135 Å². The van der Waals surface area contributed by atoms with E-state index in [0.29, 0.717) is 5.02 Å². The fraction of sp³-hybridized carbons (Fsp3) is 0.235. The van der Waals surface area contributed by atoms with Crippen LogP contribution in [0.1, 0.15) is 11.6 Å². The van der Waals surface area contributed by atoms with E-state index in [2.05, 4.69) is 5.32 Å². The van der Waals surface area contributed by atoms with Gasteiger partial charge >= 0.3 is 5.97 Å². The summed E-state index contributed by atoms with van der Waals surface area (Å²) >= 11 is 6.20. The van der Waals surface area contributed by atoms with Gasteiger partial charge in [-0.15, -0.1) is 0 Å². The Morgan fingerprint density at radius 1 is 1.05 bits per heavy atom. The van der Waals surface area contributed by atoms with Gasteiger partial charge in [-0.05, 0) is 17.7 Å². The van der Waals surface area contributed by atoms with Crippen molar-refractivity contribution in [3.63, 3.8) is 0 Å². The minimum absolute atomic E-state index is 0.418. The van der Waals surface area contributed by atoms with Gasteiger partial charge in [0.25, 0.3) is 0 Å². The molecule has 2 rings (SSSR count). The molecule has 5 heteroatoms. The molecule has 0 unspecified atom stereocenters. The normalized spacial score (nSPS) is 13.2. The second-order valence-corrected chi connectivity index (χ2v) is 5.10. The van der Waals surface area contributed by atoms with Crippen LogP contribution in [0.5, 0.6) is 0 Å². The van der Waals surface area contributed by atoms with E-state index < -0.39 is 18.1 Å². The average Bonchev–Trinajstić information content (AvgIpc) is 2.56. The minimum atomic E-state index is -0.788. The van der Waals surface area contributed by atoms with Crippen LogP contribution in [0.4, 0.5) is 5.69 Å². The van der Waals surface area contributed by atoms with E-state index in [0.717, 1.165) is 11.3 Å². The molecule has 0 bridgehead atoms. The van der Waals surface area contributed by atoms with E-state index in [-0.39, 0.29) is 0 Å². The van der Waals surface area contributed by atoms with Crippen LogP contribution in [0.15, 0.2) is 54.6 Å². The van der Waals surface area contributed by atoms with Crippen molar-refractivity contribution in [3.8, 4) is 0 Å². The summed E-state index contributed by atoms with van der Waals surface area (Å²) in [4.78, 5) is 12.0. The van der Waals surface area contributed by atoms with Crippen molar-refractivity contribution in [1.29, 1.82) is 0 Å². The number of carbonyl (C=O) groups excluding carboxylic acids is 1. The summed E-state index contributed by atoms with van der Waals surface area (Å²) in [6.45, 7) is 0. The first-order chi connectivity index (χ1) is 10.7. The molecule has 0 saturated carbocycles. The summed E-state index contributed by atoms with van der Waals surface area (Å²) in [5.74, 6) is -0.448. The van der Waals surface area contributed by atoms with E-state index in [1.807, 2.05) is 48.5 Å². The molecule has 1 N–H and O–H groups in total. The van der Waals surface area contributed by atoms with Gasteiger partial charge in [-0.1, -0.05) is 54.1 Å². The number of halogens is 1. The van der Waals surface area contributed by atoms with Crippen molar-refractivity contribution in [2.75, 3.05) is 19.5 Å². The quantitative estimate of drug-likeness (QED) is 0.825. The highest BCUT2D eigenvalue weighted by atomic mass is 35.5. The molecule has 0 aromatic heterocycles. The van der Waals surface area contributed by atoms with Crippen molar-refractivity contribution in [1.82, 2.24) is 0 Å². The molecule has 0 aliphatic rings. The maximum absolute atomic E-state index is 12.0. The Bertz CT molecular complexity index is 618. The number of para-hydroxylation sites is 1. The molecule has 0 heterocycles. The second-order valence-electron chi connectivity index (χ2n) is 4.69. The number of hydrogen-bond acceptors (Lipinski definition) is 4. The predicted octanol–water partition coefficient (Wildman–Crippen LogP) is 3.68. The molecule has 4 nitrogen and oxygen atoms in total. The van der Waals surface area contributed by atoms with Gasteiger partial charge in [-0.3, -0.25) is 0 Å². The van der Waals surface area contributed by atoms with Crippen LogP contribution in [-0.4, -0.2) is 26.3 Å². The number of esters is 1. The van der Waals surface area contributed by atoms with Gasteiger partial charge in [0.15, 0.2) is 6.10 Å². The molecule has 2 atom stereocenters. The van der Waals surface area contributed by atoms with Crippen LogP contribution >= 0.6 is 11.6 Å². The van der Waals surface area contributed by atoms with Crippen LogP contribution < -0.4 is 5.32 Å². The van der Waals surface area contributed by atoms with Gasteiger partial charge in [0.2, 0.25) is 0 Å². The van der Waals surface area contributed by atoms with Crippen molar-refractivity contribution in [2.45, 2.75) is 12.1 Å². The number of nitrogens with one attached hydrogen (secondary N) is 1. The van der Waals surface area contributed by atoms with Crippen molar-refractivity contribution in [3.05, 3.63) is 65.2 Å². The molecule has 0 aliphatic heterocycles. The van der Waals surface area contributed by atoms with Crippen molar-refractivity contribution < 1.29 is 14.3 Å². The summed E-state index contributed by atoms with van der Waals surface area (Å²) in [7, 11) is 2.82. The number of carbonyl (C=O) groups is 1. The first kappa shape index (κ1) is 16.3. The number of ether oxygens (including phenoxy) is 2. The Kier molecular flexibility index (Phi) is 5.81. The zero-order chi connectivity index (χ0) is 15.9. The third-order valence-electron chi connectivity index (χ3n) is 3.33. The van der Waals surface area contributed by atoms with Crippen LogP contribution in [0.2, 0.25) is 5.02 Å². The van der Waals surface area contributed by atoms with E-state index in [1.165, 1.54) is 14.2 Å². The minimum Gasteiger partial charge on any atom is -0.467 e. The first-order valence-electron chi connectivity index (χ1n) is 6.84. The molecule has 0 spiro atoms. The Balaban J connectivity index is 2.37. The standard InChI is InChI=1S/C17H18ClNO3/c1-21-16(17(20)22-2)15(12-8-4-3-5-9-12)19-14-11-7-6-10-13(14)18/h3-11,15-16,19H,1-2H3/t15-,16-/m1/s1. The Morgan fingerprint density at radius 3 is 2.27 bits per heavy atom. The predicted molar refractivity (Wildman–Crippen MR) is 87.1 cm³/mol. The van der Waals surface area contributed by atoms with E-state index >= 15 is 0 Å². The van der Waals surface area contributed by atoms with E-state index in [4.69, 9.17) is 21.1 Å². The van der Waals surface area contributed by atoms with Gasteiger partial charge in [-0.2, -0.15) is 0 Å². The highest BCUT2D eigenvalue weighted by molar-refractivity contribution is 6.33. The van der Waals surface area contributed by atoms with Gasteiger partial charge in [0.1, 0.15) is 0 Å². The average molecular weight is 320 g/mol. The number of anilines is 1. The summed E-state index contributed by atoms with van der Waals surface area (Å²) in [5.41, 5.74) is 1.63. The molecular formula is C17H18ClNO3. The highest BCUT2D eigenvalue weighted by Crippen LogP contribution is 2.29. The molecule has 0 aliphatic carbocycles. The van der Waals surface area contributed by atoms with Gasteiger partial charge in [-0.25, -0.2) is 4.79 Å². The summed E-state index contributed by atoms with van der Waals surface area (Å²) in [6.07, 6.45) is -0.788. The zero-order valence-electron chi connectivity index (χ0n) is 12.5. The number of benzene rings is 2. The smallest absolute Gasteiger partial charge is 0.337 e. The SMILES string of the molecule is COC(=O)[C@H](OC)[C@H](Nc1ccccc1Cl)c1ccccc1. The Morgan fingerprint density at radius 2 is 1.68 bits per heavy atom. The van der Waals surface area contributed by atoms with E-state index in [1.54, 1.807) is 6.07 Å². The molecule has 0 saturated heterocycles. The summed E-state index contributed by atoms with van der Waals surface area (Å²) < 4.78 is 10.2. The first-order valence-corrected chi connectivity index (χ1v) is 7.21. The van der Waals surface area contributed by atoms with Gasteiger partial charge < -0.3 is 14.8 Å². The molecule has 0 fully saturated rings. The summed E-state index contributed by atoms with van der Waals surface area (Å²) in [5, 5.41) is 3.84. The largest absolute Gasteiger partial charge is 0.467 e. The summed E-state index contributed by atoms with van der Waals surface area (Å²) in [6, 6.07) is 16.5. The van der Waals surface area contributed by atoms with Crippen LogP contribution in [-0.2, 0) is 14.3 Å². The fourth-order valence-corrected chi connectivity index (χ4v) is 2.41. The lowest BCUT2D eigenvalue weighted by molar-refractivity contribution is -0.153. The number of hydrogen-bond donors (Lipinski definition) is 1. The molecule has 2 aromatic carbocycles. The fourth-order valence-electron chi connectivity index (χ4n) is 2.22. The van der Waals surface area contributed by atoms with Gasteiger partial charge in [0.05, 0.1) is 23.9 Å². The number of methoxy groups -OCH3 is 2. The lowest BCUT2D eigenvalue weighted by Gasteiger charge is -2.27. The molecular weight excluding hydrogens is 302 g/mol. The van der Waals surface area contributed by atoms with Crippen molar-refractivity contribution in [2.24, 2.45) is 0 Å². The number of rotatable bonds is 6. The van der Waals surface area contributed by atoms with Crippen LogP contribution in [0, 0.1) is 0 Å². The van der Waals surface area contributed by atoms with E-state index in [9.17, 15) is 4.79 Å². The molecule has 0 radical (unpaired) electrons. The van der Waals surface area contributed by atoms with Crippen LogP contribution in [0.25, 0.3) is 0 Å². The molecule has 22 heavy (non-hydrogen) atoms. The topological polar surface area (TPSA) is 47.6 Å². The van der Waals surface area contributed by atoms with Crippen molar-refractivity contribution >= 4 is 23.3 Å². The van der Waals surface area contributed by atoms with Gasteiger partial charge in [0, 0.05) is 7.11 Å². The molecule has 116 valence electrons. The maximum Gasteiger partial charge on any atom is 0.337 e. The molecule has 0 amide bonds. The second kappa shape index (κ2) is 7.82. The maximum atomic E-state index is 12.0. The van der Waals surface area contributed by atoms with Crippen LogP contribution in [0.3, 0.4) is 0 Å². The third kappa shape index (κ3) is 3.78. The Hall–Kier alpha value is -2.04.